The second-order valence-corrected chi connectivity index (χ2v) is 3.56. The van der Waals surface area contributed by atoms with Crippen molar-refractivity contribution in [3.05, 3.63) is 0 Å². The maximum absolute atomic E-state index is 2.46. The number of hydrogen-bond acceptors (Lipinski definition) is 1. The van der Waals surface area contributed by atoms with Crippen molar-refractivity contribution in [1.82, 2.24) is 4.90 Å². The van der Waals surface area contributed by atoms with Gasteiger partial charge in [-0.25, -0.2) is 0 Å². The van der Waals surface area contributed by atoms with Crippen LogP contribution in [-0.4, -0.2) is 25.0 Å². The van der Waals surface area contributed by atoms with Gasteiger partial charge in [-0.3, -0.25) is 0 Å². The highest BCUT2D eigenvalue weighted by Crippen LogP contribution is 2.19. The van der Waals surface area contributed by atoms with E-state index in [-0.39, 0.29) is 0 Å². The lowest BCUT2D eigenvalue weighted by molar-refractivity contribution is 0.201. The number of hydrogen-bond donors (Lipinski definition) is 0. The SMILES string of the molecule is CCCC1CCCN(C)C1. The van der Waals surface area contributed by atoms with Gasteiger partial charge in [0.05, 0.1) is 0 Å². The molecule has 0 aromatic heterocycles. The summed E-state index contributed by atoms with van der Waals surface area (Å²) in [4.78, 5) is 2.46. The zero-order valence-electron chi connectivity index (χ0n) is 7.27. The van der Waals surface area contributed by atoms with Gasteiger partial charge in [0.1, 0.15) is 0 Å². The largest absolute Gasteiger partial charge is 0.306 e. The normalized spacial score (nSPS) is 28.8. The predicted octanol–water partition coefficient (Wildman–Crippen LogP) is 2.13. The summed E-state index contributed by atoms with van der Waals surface area (Å²) in [5.74, 6) is 1.00. The van der Waals surface area contributed by atoms with Crippen molar-refractivity contribution in [3.63, 3.8) is 0 Å². The van der Waals surface area contributed by atoms with Gasteiger partial charge in [-0.1, -0.05) is 13.3 Å². The van der Waals surface area contributed by atoms with Gasteiger partial charge in [-0.15, -0.1) is 0 Å². The molecule has 0 aromatic rings. The van der Waals surface area contributed by atoms with Crippen molar-refractivity contribution < 1.29 is 0 Å². The standard InChI is InChI=1S/C9H19N/c1-3-5-9-6-4-7-10(2)8-9/h9H,3-8H2,1-2H3. The molecule has 1 heterocycles. The third-order valence-corrected chi connectivity index (χ3v) is 2.42. The van der Waals surface area contributed by atoms with Crippen LogP contribution in [-0.2, 0) is 0 Å². The van der Waals surface area contributed by atoms with Crippen molar-refractivity contribution >= 4 is 0 Å². The monoisotopic (exact) mass is 141 g/mol. The second-order valence-electron chi connectivity index (χ2n) is 3.56. The van der Waals surface area contributed by atoms with Gasteiger partial charge in [0.25, 0.3) is 0 Å². The summed E-state index contributed by atoms with van der Waals surface area (Å²) in [6.07, 6.45) is 5.68. The zero-order valence-corrected chi connectivity index (χ0v) is 7.27. The lowest BCUT2D eigenvalue weighted by Crippen LogP contribution is -2.31. The lowest BCUT2D eigenvalue weighted by Gasteiger charge is -2.29. The van der Waals surface area contributed by atoms with E-state index in [2.05, 4.69) is 18.9 Å². The van der Waals surface area contributed by atoms with Gasteiger partial charge in [0.2, 0.25) is 0 Å². The Kier molecular flexibility index (Phi) is 3.20. The molecule has 0 aromatic carbocycles. The van der Waals surface area contributed by atoms with Gasteiger partial charge in [-0.05, 0) is 38.8 Å². The van der Waals surface area contributed by atoms with Crippen LogP contribution in [0.25, 0.3) is 0 Å². The summed E-state index contributed by atoms with van der Waals surface area (Å²) in [7, 11) is 2.24. The fourth-order valence-corrected chi connectivity index (χ4v) is 1.92. The molecule has 0 aliphatic carbocycles. The van der Waals surface area contributed by atoms with E-state index in [1.165, 1.54) is 38.8 Å². The quantitative estimate of drug-likeness (QED) is 0.569. The average molecular weight is 141 g/mol. The van der Waals surface area contributed by atoms with Crippen LogP contribution in [0.3, 0.4) is 0 Å². The maximum atomic E-state index is 2.46. The van der Waals surface area contributed by atoms with Gasteiger partial charge >= 0.3 is 0 Å². The second kappa shape index (κ2) is 3.97. The fourth-order valence-electron chi connectivity index (χ4n) is 1.92. The molecule has 1 saturated heterocycles. The number of nitrogens with zero attached hydrogens (tertiary/aromatic N) is 1. The van der Waals surface area contributed by atoms with Crippen LogP contribution in [0.4, 0.5) is 0 Å². The highest BCUT2D eigenvalue weighted by atomic mass is 15.1. The van der Waals surface area contributed by atoms with Crippen LogP contribution in [0.15, 0.2) is 0 Å². The molecular formula is C9H19N. The summed E-state index contributed by atoms with van der Waals surface area (Å²) >= 11 is 0. The van der Waals surface area contributed by atoms with Gasteiger partial charge in [-0.2, -0.15) is 0 Å². The summed E-state index contributed by atoms with van der Waals surface area (Å²) in [6, 6.07) is 0. The van der Waals surface area contributed by atoms with Gasteiger partial charge in [0, 0.05) is 6.54 Å². The first-order valence-corrected chi connectivity index (χ1v) is 4.51. The molecule has 0 spiro atoms. The number of rotatable bonds is 2. The van der Waals surface area contributed by atoms with E-state index in [1.54, 1.807) is 0 Å². The summed E-state index contributed by atoms with van der Waals surface area (Å²) < 4.78 is 0. The minimum Gasteiger partial charge on any atom is -0.306 e. The van der Waals surface area contributed by atoms with E-state index in [4.69, 9.17) is 0 Å². The molecule has 1 heteroatoms. The summed E-state index contributed by atoms with van der Waals surface area (Å²) in [6.45, 7) is 4.95. The molecule has 1 rings (SSSR count). The van der Waals surface area contributed by atoms with Crippen LogP contribution in [0.5, 0.6) is 0 Å². The van der Waals surface area contributed by atoms with E-state index in [1.807, 2.05) is 0 Å². The van der Waals surface area contributed by atoms with Crippen LogP contribution in [0.1, 0.15) is 32.6 Å². The van der Waals surface area contributed by atoms with Crippen molar-refractivity contribution in [3.8, 4) is 0 Å². The third-order valence-electron chi connectivity index (χ3n) is 2.42. The molecule has 1 aliphatic rings. The molecule has 0 amide bonds. The highest BCUT2D eigenvalue weighted by molar-refractivity contribution is 4.69. The molecular weight excluding hydrogens is 122 g/mol. The molecule has 60 valence electrons. The van der Waals surface area contributed by atoms with Gasteiger partial charge in [0.15, 0.2) is 0 Å². The minimum atomic E-state index is 1.00. The molecule has 1 nitrogen and oxygen atoms in total. The Hall–Kier alpha value is -0.0400. The van der Waals surface area contributed by atoms with Crippen molar-refractivity contribution in [2.45, 2.75) is 32.6 Å². The maximum Gasteiger partial charge on any atom is 0.000661 e. The molecule has 0 N–H and O–H groups in total. The lowest BCUT2D eigenvalue weighted by atomic mass is 9.94. The number of piperidine rings is 1. The molecule has 0 bridgehead atoms. The molecule has 0 saturated carbocycles. The Morgan fingerprint density at radius 3 is 2.90 bits per heavy atom. The van der Waals surface area contributed by atoms with Crippen LogP contribution in [0.2, 0.25) is 0 Å². The number of likely N-dealkylation sites (tertiary alicyclic amines) is 1. The van der Waals surface area contributed by atoms with Crippen molar-refractivity contribution in [2.24, 2.45) is 5.92 Å². The zero-order chi connectivity index (χ0) is 7.40. The minimum absolute atomic E-state index is 1.00. The van der Waals surface area contributed by atoms with E-state index in [0.29, 0.717) is 0 Å². The molecule has 1 unspecified atom stereocenters. The highest BCUT2D eigenvalue weighted by Gasteiger charge is 2.15. The Labute approximate surface area is 64.4 Å². The summed E-state index contributed by atoms with van der Waals surface area (Å²) in [5, 5.41) is 0. The fraction of sp³-hybridized carbons (Fsp3) is 1.00. The molecule has 10 heavy (non-hydrogen) atoms. The van der Waals surface area contributed by atoms with E-state index in [0.717, 1.165) is 5.92 Å². The van der Waals surface area contributed by atoms with Crippen LogP contribution in [0, 0.1) is 5.92 Å². The first-order valence-electron chi connectivity index (χ1n) is 4.51. The average Bonchev–Trinajstić information content (AvgIpc) is 1.88. The van der Waals surface area contributed by atoms with E-state index in [9.17, 15) is 0 Å². The van der Waals surface area contributed by atoms with E-state index < -0.39 is 0 Å². The molecule has 0 radical (unpaired) electrons. The first kappa shape index (κ1) is 8.06. The molecule has 1 fully saturated rings. The summed E-state index contributed by atoms with van der Waals surface area (Å²) in [5.41, 5.74) is 0. The topological polar surface area (TPSA) is 3.24 Å². The molecule has 1 aliphatic heterocycles. The Morgan fingerprint density at radius 2 is 2.30 bits per heavy atom. The smallest absolute Gasteiger partial charge is 0.000661 e. The molecule has 1 atom stereocenters. The third kappa shape index (κ3) is 2.30. The Bertz CT molecular complexity index is 88.7. The van der Waals surface area contributed by atoms with Crippen molar-refractivity contribution in [2.75, 3.05) is 20.1 Å². The van der Waals surface area contributed by atoms with Crippen LogP contribution >= 0.6 is 0 Å². The predicted molar refractivity (Wildman–Crippen MR) is 45.1 cm³/mol. The Morgan fingerprint density at radius 1 is 1.50 bits per heavy atom. The van der Waals surface area contributed by atoms with Crippen molar-refractivity contribution in [1.29, 1.82) is 0 Å². The van der Waals surface area contributed by atoms with E-state index >= 15 is 0 Å². The Balaban J connectivity index is 2.18. The van der Waals surface area contributed by atoms with Gasteiger partial charge < -0.3 is 4.90 Å². The first-order chi connectivity index (χ1) is 4.83. The van der Waals surface area contributed by atoms with Crippen LogP contribution < -0.4 is 0 Å².